The summed E-state index contributed by atoms with van der Waals surface area (Å²) in [5.74, 6) is 0. The third-order valence-corrected chi connectivity index (χ3v) is 2.67. The highest BCUT2D eigenvalue weighted by molar-refractivity contribution is 5.11. The van der Waals surface area contributed by atoms with E-state index in [2.05, 4.69) is 34.8 Å². The minimum absolute atomic E-state index is 0.800. The van der Waals surface area contributed by atoms with Crippen LogP contribution in [0.4, 0.5) is 0 Å². The van der Waals surface area contributed by atoms with Crippen molar-refractivity contribution < 1.29 is 0 Å². The molecule has 0 aliphatic rings. The Balaban J connectivity index is 2.22. The van der Waals surface area contributed by atoms with Crippen molar-refractivity contribution in [3.05, 3.63) is 35.4 Å². The Hall–Kier alpha value is -1.58. The van der Waals surface area contributed by atoms with Gasteiger partial charge in [-0.15, -0.1) is 0 Å². The Bertz CT molecular complexity index is 467. The lowest BCUT2D eigenvalue weighted by atomic mass is 10.3. The third kappa shape index (κ3) is 2.15. The first kappa shape index (κ1) is 10.9. The molecule has 0 aliphatic heterocycles. The van der Waals surface area contributed by atoms with Crippen LogP contribution in [-0.2, 0) is 19.5 Å². The SMILES string of the molecule is CCc1cc(Cn2ccc(C)n2)n(CC)n1. The molecule has 86 valence electrons. The van der Waals surface area contributed by atoms with Gasteiger partial charge in [-0.05, 0) is 32.4 Å². The molecule has 0 bridgehead atoms. The molecule has 0 saturated heterocycles. The molecule has 0 atom stereocenters. The fourth-order valence-corrected chi connectivity index (χ4v) is 1.81. The molecule has 2 heterocycles. The van der Waals surface area contributed by atoms with Crippen molar-refractivity contribution in [3.63, 3.8) is 0 Å². The van der Waals surface area contributed by atoms with Crippen molar-refractivity contribution in [2.24, 2.45) is 0 Å². The van der Waals surface area contributed by atoms with E-state index < -0.39 is 0 Å². The van der Waals surface area contributed by atoms with E-state index in [1.807, 2.05) is 23.9 Å². The van der Waals surface area contributed by atoms with E-state index in [9.17, 15) is 0 Å². The van der Waals surface area contributed by atoms with E-state index in [-0.39, 0.29) is 0 Å². The molecule has 0 N–H and O–H groups in total. The molecule has 0 aliphatic carbocycles. The summed E-state index contributed by atoms with van der Waals surface area (Å²) in [6.45, 7) is 7.96. The van der Waals surface area contributed by atoms with Crippen LogP contribution in [-0.4, -0.2) is 19.6 Å². The molecule has 16 heavy (non-hydrogen) atoms. The number of hydrogen-bond acceptors (Lipinski definition) is 2. The van der Waals surface area contributed by atoms with Crippen LogP contribution in [0.15, 0.2) is 18.3 Å². The Labute approximate surface area is 95.9 Å². The first-order chi connectivity index (χ1) is 7.72. The summed E-state index contributed by atoms with van der Waals surface area (Å²) in [6.07, 6.45) is 2.99. The Morgan fingerprint density at radius 3 is 2.62 bits per heavy atom. The van der Waals surface area contributed by atoms with Crippen LogP contribution in [0.5, 0.6) is 0 Å². The minimum Gasteiger partial charge on any atom is -0.268 e. The highest BCUT2D eigenvalue weighted by Crippen LogP contribution is 2.07. The van der Waals surface area contributed by atoms with Gasteiger partial charge in [-0.25, -0.2) is 0 Å². The average Bonchev–Trinajstić information content (AvgIpc) is 2.85. The zero-order valence-electron chi connectivity index (χ0n) is 10.1. The van der Waals surface area contributed by atoms with Crippen molar-refractivity contribution >= 4 is 0 Å². The van der Waals surface area contributed by atoms with Crippen molar-refractivity contribution in [1.82, 2.24) is 19.6 Å². The van der Waals surface area contributed by atoms with Gasteiger partial charge < -0.3 is 0 Å². The number of aryl methyl sites for hydroxylation is 3. The van der Waals surface area contributed by atoms with E-state index in [1.165, 1.54) is 5.69 Å². The van der Waals surface area contributed by atoms with Crippen LogP contribution in [0.2, 0.25) is 0 Å². The quantitative estimate of drug-likeness (QED) is 0.787. The van der Waals surface area contributed by atoms with E-state index in [4.69, 9.17) is 0 Å². The van der Waals surface area contributed by atoms with E-state index in [1.54, 1.807) is 0 Å². The van der Waals surface area contributed by atoms with Gasteiger partial charge in [-0.1, -0.05) is 6.92 Å². The molecule has 0 aromatic carbocycles. The van der Waals surface area contributed by atoms with Gasteiger partial charge in [-0.3, -0.25) is 9.36 Å². The molecular weight excluding hydrogens is 200 g/mol. The van der Waals surface area contributed by atoms with Gasteiger partial charge in [0.15, 0.2) is 0 Å². The zero-order chi connectivity index (χ0) is 11.5. The molecule has 0 unspecified atom stereocenters. The lowest BCUT2D eigenvalue weighted by molar-refractivity contribution is 0.572. The van der Waals surface area contributed by atoms with Crippen LogP contribution in [0.1, 0.15) is 30.9 Å². The fourth-order valence-electron chi connectivity index (χ4n) is 1.81. The van der Waals surface area contributed by atoms with Gasteiger partial charge in [0.05, 0.1) is 23.6 Å². The van der Waals surface area contributed by atoms with Crippen molar-refractivity contribution in [1.29, 1.82) is 0 Å². The summed E-state index contributed by atoms with van der Waals surface area (Å²) in [6, 6.07) is 4.19. The Kier molecular flexibility index (Phi) is 3.08. The van der Waals surface area contributed by atoms with Crippen LogP contribution in [0.3, 0.4) is 0 Å². The molecule has 0 radical (unpaired) electrons. The second-order valence-electron chi connectivity index (χ2n) is 3.95. The van der Waals surface area contributed by atoms with Crippen LogP contribution < -0.4 is 0 Å². The molecular formula is C12H18N4. The highest BCUT2D eigenvalue weighted by Gasteiger charge is 2.06. The molecule has 0 spiro atoms. The van der Waals surface area contributed by atoms with Gasteiger partial charge >= 0.3 is 0 Å². The molecule has 4 heteroatoms. The summed E-state index contributed by atoms with van der Waals surface area (Å²) >= 11 is 0. The minimum atomic E-state index is 0.800. The largest absolute Gasteiger partial charge is 0.268 e. The summed E-state index contributed by atoms with van der Waals surface area (Å²) in [4.78, 5) is 0. The normalized spacial score (nSPS) is 10.9. The maximum atomic E-state index is 4.53. The monoisotopic (exact) mass is 218 g/mol. The van der Waals surface area contributed by atoms with Crippen molar-refractivity contribution in [2.45, 2.75) is 40.3 Å². The van der Waals surface area contributed by atoms with Gasteiger partial charge in [0.2, 0.25) is 0 Å². The summed E-state index contributed by atoms with van der Waals surface area (Å²) in [7, 11) is 0. The van der Waals surface area contributed by atoms with E-state index in [0.717, 1.165) is 30.9 Å². The molecule has 2 aromatic heterocycles. The van der Waals surface area contributed by atoms with Crippen LogP contribution in [0, 0.1) is 6.92 Å². The van der Waals surface area contributed by atoms with Crippen LogP contribution >= 0.6 is 0 Å². The van der Waals surface area contributed by atoms with E-state index in [0.29, 0.717) is 0 Å². The number of hydrogen-bond donors (Lipinski definition) is 0. The lowest BCUT2D eigenvalue weighted by Crippen LogP contribution is -2.08. The molecule has 0 saturated carbocycles. The smallest absolute Gasteiger partial charge is 0.0828 e. The molecule has 2 aromatic rings. The molecule has 0 fully saturated rings. The zero-order valence-corrected chi connectivity index (χ0v) is 10.1. The Morgan fingerprint density at radius 1 is 1.25 bits per heavy atom. The topological polar surface area (TPSA) is 35.6 Å². The number of rotatable bonds is 4. The van der Waals surface area contributed by atoms with E-state index >= 15 is 0 Å². The summed E-state index contributed by atoms with van der Waals surface area (Å²) in [5, 5.41) is 8.92. The van der Waals surface area contributed by atoms with Crippen LogP contribution in [0.25, 0.3) is 0 Å². The molecule has 2 rings (SSSR count). The maximum Gasteiger partial charge on any atom is 0.0828 e. The fraction of sp³-hybridized carbons (Fsp3) is 0.500. The lowest BCUT2D eigenvalue weighted by Gasteiger charge is -2.04. The van der Waals surface area contributed by atoms with Gasteiger partial charge in [0, 0.05) is 12.7 Å². The average molecular weight is 218 g/mol. The standard InChI is InChI=1S/C12H18N4/c1-4-11-8-12(16(5-2)14-11)9-15-7-6-10(3)13-15/h6-8H,4-5,9H2,1-3H3. The molecule has 4 nitrogen and oxygen atoms in total. The first-order valence-corrected chi connectivity index (χ1v) is 5.78. The Morgan fingerprint density at radius 2 is 2.06 bits per heavy atom. The number of nitrogens with zero attached hydrogens (tertiary/aromatic N) is 4. The second-order valence-corrected chi connectivity index (χ2v) is 3.95. The predicted molar refractivity (Wildman–Crippen MR) is 63.3 cm³/mol. The third-order valence-electron chi connectivity index (χ3n) is 2.67. The first-order valence-electron chi connectivity index (χ1n) is 5.78. The highest BCUT2D eigenvalue weighted by atomic mass is 15.3. The van der Waals surface area contributed by atoms with Gasteiger partial charge in [0.1, 0.15) is 0 Å². The van der Waals surface area contributed by atoms with Crippen molar-refractivity contribution in [2.75, 3.05) is 0 Å². The summed E-state index contributed by atoms with van der Waals surface area (Å²) in [5.41, 5.74) is 3.43. The van der Waals surface area contributed by atoms with Gasteiger partial charge in [0.25, 0.3) is 0 Å². The molecule has 0 amide bonds. The summed E-state index contributed by atoms with van der Waals surface area (Å²) < 4.78 is 4.01. The maximum absolute atomic E-state index is 4.53. The van der Waals surface area contributed by atoms with Crippen molar-refractivity contribution in [3.8, 4) is 0 Å². The van der Waals surface area contributed by atoms with Gasteiger partial charge in [-0.2, -0.15) is 10.2 Å². The number of aromatic nitrogens is 4. The predicted octanol–water partition coefficient (Wildman–Crippen LogP) is 2.02. The second kappa shape index (κ2) is 4.51.